The van der Waals surface area contributed by atoms with E-state index < -0.39 is 16.0 Å². The third-order valence-corrected chi connectivity index (χ3v) is 7.14. The number of piperazine rings is 1. The van der Waals surface area contributed by atoms with Gasteiger partial charge in [0.1, 0.15) is 4.21 Å². The first-order valence-electron chi connectivity index (χ1n) is 7.41. The maximum atomic E-state index is 12.5. The molecule has 0 N–H and O–H groups in total. The molecule has 1 aliphatic heterocycles. The second-order valence-electron chi connectivity index (χ2n) is 5.61. The molecular weight excluding hydrogens is 376 g/mol. The van der Waals surface area contributed by atoms with Crippen LogP contribution in [0.4, 0.5) is 0 Å². The Hall–Kier alpha value is -1.16. The fourth-order valence-electron chi connectivity index (χ4n) is 2.13. The van der Waals surface area contributed by atoms with Crippen molar-refractivity contribution in [3.63, 3.8) is 0 Å². The average molecular weight is 395 g/mol. The normalized spacial score (nSPS) is 16.4. The molecule has 134 valence electrons. The highest BCUT2D eigenvalue weighted by Crippen LogP contribution is 2.28. The van der Waals surface area contributed by atoms with Crippen LogP contribution >= 0.6 is 22.9 Å². The molecule has 24 heavy (non-hydrogen) atoms. The largest absolute Gasteiger partial charge is 0.455 e. The molecular formula is C14H19ClN2O5S2. The van der Waals surface area contributed by atoms with Crippen LogP contribution in [0.5, 0.6) is 0 Å². The Morgan fingerprint density at radius 3 is 2.38 bits per heavy atom. The predicted molar refractivity (Wildman–Crippen MR) is 90.5 cm³/mol. The number of sulfonamides is 1. The van der Waals surface area contributed by atoms with Gasteiger partial charge in [-0.2, -0.15) is 4.31 Å². The molecule has 1 aliphatic rings. The minimum absolute atomic E-state index is 0.193. The minimum atomic E-state index is -3.58. The van der Waals surface area contributed by atoms with Crippen LogP contribution in [0, 0.1) is 5.92 Å². The van der Waals surface area contributed by atoms with Gasteiger partial charge in [0.05, 0.1) is 10.3 Å². The summed E-state index contributed by atoms with van der Waals surface area (Å²) in [5.41, 5.74) is 0. The van der Waals surface area contributed by atoms with Crippen molar-refractivity contribution in [1.82, 2.24) is 9.21 Å². The Labute approximate surface area is 150 Å². The summed E-state index contributed by atoms with van der Waals surface area (Å²) >= 11 is 6.80. The molecule has 0 aliphatic carbocycles. The van der Waals surface area contributed by atoms with Crippen molar-refractivity contribution in [2.45, 2.75) is 18.1 Å². The van der Waals surface area contributed by atoms with Gasteiger partial charge in [-0.3, -0.25) is 9.59 Å². The predicted octanol–water partition coefficient (Wildman–Crippen LogP) is 1.43. The Morgan fingerprint density at radius 1 is 1.25 bits per heavy atom. The lowest BCUT2D eigenvalue weighted by molar-refractivity contribution is -0.155. The van der Waals surface area contributed by atoms with E-state index in [1.807, 2.05) is 0 Å². The van der Waals surface area contributed by atoms with E-state index in [2.05, 4.69) is 0 Å². The Bertz CT molecular complexity index is 709. The first-order chi connectivity index (χ1) is 11.2. The molecule has 2 heterocycles. The molecule has 1 saturated heterocycles. The minimum Gasteiger partial charge on any atom is -0.455 e. The molecule has 7 nitrogen and oxygen atoms in total. The summed E-state index contributed by atoms with van der Waals surface area (Å²) in [6.45, 7) is 3.97. The van der Waals surface area contributed by atoms with E-state index in [1.54, 1.807) is 19.9 Å². The zero-order chi connectivity index (χ0) is 17.9. The van der Waals surface area contributed by atoms with Crippen LogP contribution in [0.2, 0.25) is 4.34 Å². The van der Waals surface area contributed by atoms with E-state index in [4.69, 9.17) is 16.3 Å². The molecule has 0 radical (unpaired) electrons. The molecule has 1 aromatic rings. The van der Waals surface area contributed by atoms with Gasteiger partial charge < -0.3 is 9.64 Å². The highest BCUT2D eigenvalue weighted by molar-refractivity contribution is 7.91. The molecule has 2 rings (SSSR count). The number of rotatable bonds is 5. The van der Waals surface area contributed by atoms with E-state index in [0.717, 1.165) is 11.3 Å². The first-order valence-corrected chi connectivity index (χ1v) is 10.0. The number of esters is 1. The van der Waals surface area contributed by atoms with Gasteiger partial charge in [0.25, 0.3) is 15.9 Å². The lowest BCUT2D eigenvalue weighted by Gasteiger charge is -2.33. The number of carbonyl (C=O) groups is 2. The van der Waals surface area contributed by atoms with E-state index in [0.29, 0.717) is 4.34 Å². The van der Waals surface area contributed by atoms with Gasteiger partial charge in [-0.1, -0.05) is 25.4 Å². The lowest BCUT2D eigenvalue weighted by Crippen LogP contribution is -2.51. The molecule has 0 aromatic carbocycles. The van der Waals surface area contributed by atoms with Crippen LogP contribution < -0.4 is 0 Å². The average Bonchev–Trinajstić information content (AvgIpc) is 2.99. The van der Waals surface area contributed by atoms with Crippen molar-refractivity contribution in [2.24, 2.45) is 5.92 Å². The summed E-state index contributed by atoms with van der Waals surface area (Å²) in [6.07, 6.45) is 0. The molecule has 1 amide bonds. The highest BCUT2D eigenvalue weighted by Gasteiger charge is 2.31. The molecule has 0 bridgehead atoms. The van der Waals surface area contributed by atoms with Gasteiger partial charge >= 0.3 is 5.97 Å². The molecule has 0 unspecified atom stereocenters. The topological polar surface area (TPSA) is 84.0 Å². The number of halogens is 1. The van der Waals surface area contributed by atoms with Gasteiger partial charge in [0, 0.05) is 26.2 Å². The quantitative estimate of drug-likeness (QED) is 0.705. The lowest BCUT2D eigenvalue weighted by atomic mass is 10.2. The zero-order valence-electron chi connectivity index (χ0n) is 13.4. The second-order valence-corrected chi connectivity index (χ2v) is 9.49. The number of hydrogen-bond donors (Lipinski definition) is 0. The highest BCUT2D eigenvalue weighted by atomic mass is 35.5. The summed E-state index contributed by atoms with van der Waals surface area (Å²) in [5, 5.41) is 0. The Kier molecular flexibility index (Phi) is 6.24. The third-order valence-electron chi connectivity index (χ3n) is 3.54. The van der Waals surface area contributed by atoms with E-state index in [-0.39, 0.29) is 48.8 Å². The fourth-order valence-corrected chi connectivity index (χ4v) is 5.19. The second kappa shape index (κ2) is 7.81. The standard InChI is InChI=1S/C14H19ClN2O5S2/c1-10(2)14(19)22-9-12(18)16-5-7-17(8-6-16)24(20,21)13-4-3-11(15)23-13/h3-4,10H,5-9H2,1-2H3. The van der Waals surface area contributed by atoms with Gasteiger partial charge in [-0.05, 0) is 12.1 Å². The summed E-state index contributed by atoms with van der Waals surface area (Å²) < 4.78 is 31.8. The summed E-state index contributed by atoms with van der Waals surface area (Å²) in [6, 6.07) is 3.02. The van der Waals surface area contributed by atoms with Crippen LogP contribution in [-0.2, 0) is 24.3 Å². The number of thiophene rings is 1. The number of amides is 1. The van der Waals surface area contributed by atoms with E-state index >= 15 is 0 Å². The fraction of sp³-hybridized carbons (Fsp3) is 0.571. The zero-order valence-corrected chi connectivity index (χ0v) is 15.8. The van der Waals surface area contributed by atoms with Crippen molar-refractivity contribution in [1.29, 1.82) is 0 Å². The van der Waals surface area contributed by atoms with Gasteiger partial charge in [0.15, 0.2) is 6.61 Å². The molecule has 0 atom stereocenters. The summed E-state index contributed by atoms with van der Waals surface area (Å²) in [7, 11) is -3.58. The summed E-state index contributed by atoms with van der Waals surface area (Å²) in [4.78, 5) is 24.9. The molecule has 1 fully saturated rings. The van der Waals surface area contributed by atoms with Gasteiger partial charge in [-0.15, -0.1) is 11.3 Å². The van der Waals surface area contributed by atoms with Crippen LogP contribution in [0.25, 0.3) is 0 Å². The Balaban J connectivity index is 1.89. The smallest absolute Gasteiger partial charge is 0.308 e. The van der Waals surface area contributed by atoms with Crippen LogP contribution in [-0.4, -0.2) is 62.3 Å². The van der Waals surface area contributed by atoms with Crippen molar-refractivity contribution in [3.05, 3.63) is 16.5 Å². The molecule has 10 heteroatoms. The van der Waals surface area contributed by atoms with Crippen molar-refractivity contribution >= 4 is 44.8 Å². The van der Waals surface area contributed by atoms with E-state index in [1.165, 1.54) is 15.3 Å². The van der Waals surface area contributed by atoms with Crippen molar-refractivity contribution < 1.29 is 22.7 Å². The monoisotopic (exact) mass is 394 g/mol. The number of hydrogen-bond acceptors (Lipinski definition) is 6. The van der Waals surface area contributed by atoms with Crippen LogP contribution in [0.1, 0.15) is 13.8 Å². The molecule has 1 aromatic heterocycles. The number of nitrogens with zero attached hydrogens (tertiary/aromatic N) is 2. The van der Waals surface area contributed by atoms with Crippen molar-refractivity contribution in [2.75, 3.05) is 32.8 Å². The molecule has 0 saturated carbocycles. The van der Waals surface area contributed by atoms with Gasteiger partial charge in [-0.25, -0.2) is 8.42 Å². The van der Waals surface area contributed by atoms with Gasteiger partial charge in [0.2, 0.25) is 0 Å². The Morgan fingerprint density at radius 2 is 1.88 bits per heavy atom. The van der Waals surface area contributed by atoms with Crippen LogP contribution in [0.3, 0.4) is 0 Å². The van der Waals surface area contributed by atoms with Crippen LogP contribution in [0.15, 0.2) is 16.3 Å². The maximum Gasteiger partial charge on any atom is 0.308 e. The number of ether oxygens (including phenoxy) is 1. The van der Waals surface area contributed by atoms with E-state index in [9.17, 15) is 18.0 Å². The first kappa shape index (κ1) is 19.2. The summed E-state index contributed by atoms with van der Waals surface area (Å²) in [5.74, 6) is -1.04. The van der Waals surface area contributed by atoms with Crippen molar-refractivity contribution in [3.8, 4) is 0 Å². The SMILES string of the molecule is CC(C)C(=O)OCC(=O)N1CCN(S(=O)(=O)c2ccc(Cl)s2)CC1. The third kappa shape index (κ3) is 4.47. The molecule has 0 spiro atoms. The maximum absolute atomic E-state index is 12.5. The number of carbonyl (C=O) groups excluding carboxylic acids is 2.